The molecule has 1 saturated heterocycles. The number of Topliss-reactive ketones (excluding diaryl/α,β-unsaturated/α-hetero) is 1. The average Bonchev–Trinajstić information content (AvgIpc) is 3.15. The van der Waals surface area contributed by atoms with Gasteiger partial charge in [0.2, 0.25) is 0 Å². The first kappa shape index (κ1) is 21.7. The summed E-state index contributed by atoms with van der Waals surface area (Å²) >= 11 is 0. The Labute approximate surface area is 192 Å². The molecule has 0 N–H and O–H groups in total. The molecule has 0 amide bonds. The highest BCUT2D eigenvalue weighted by Gasteiger charge is 2.52. The molecule has 3 aromatic carbocycles. The van der Waals surface area contributed by atoms with Crippen molar-refractivity contribution in [2.24, 2.45) is 0 Å². The van der Waals surface area contributed by atoms with Gasteiger partial charge in [-0.1, -0.05) is 36.4 Å². The van der Waals surface area contributed by atoms with Gasteiger partial charge in [-0.3, -0.25) is 14.6 Å². The predicted molar refractivity (Wildman–Crippen MR) is 122 cm³/mol. The van der Waals surface area contributed by atoms with Gasteiger partial charge in [0.25, 0.3) is 0 Å². The summed E-state index contributed by atoms with van der Waals surface area (Å²) in [6, 6.07) is 18.9. The summed E-state index contributed by atoms with van der Waals surface area (Å²) in [7, 11) is 1.65. The molecule has 5 rings (SSSR count). The van der Waals surface area contributed by atoms with E-state index in [2.05, 4.69) is 21.9 Å². The van der Waals surface area contributed by atoms with Crippen molar-refractivity contribution in [2.75, 3.05) is 33.3 Å². The molecule has 3 aromatic rings. The van der Waals surface area contributed by atoms with Gasteiger partial charge in [-0.2, -0.15) is 0 Å². The largest absolute Gasteiger partial charge is 0.497 e. The molecule has 0 saturated carbocycles. The molecule has 0 spiro atoms. The van der Waals surface area contributed by atoms with Crippen LogP contribution < -0.4 is 4.74 Å². The maximum atomic E-state index is 14.7. The van der Waals surface area contributed by atoms with Crippen molar-refractivity contribution < 1.29 is 18.3 Å². The molecule has 1 aliphatic carbocycles. The number of rotatable bonds is 5. The van der Waals surface area contributed by atoms with Gasteiger partial charge < -0.3 is 4.74 Å². The van der Waals surface area contributed by atoms with Gasteiger partial charge in [0.15, 0.2) is 5.78 Å². The Hall–Kier alpha value is -3.09. The summed E-state index contributed by atoms with van der Waals surface area (Å²) in [5, 5.41) is 0. The van der Waals surface area contributed by atoms with E-state index in [0.29, 0.717) is 29.8 Å². The number of hydrogen-bond donors (Lipinski definition) is 0. The summed E-state index contributed by atoms with van der Waals surface area (Å²) in [5.74, 6) is -0.0927. The topological polar surface area (TPSA) is 32.8 Å². The van der Waals surface area contributed by atoms with Gasteiger partial charge in [-0.05, 0) is 41.5 Å². The number of methoxy groups -OCH3 is 1. The lowest BCUT2D eigenvalue weighted by atomic mass is 9.83. The summed E-state index contributed by atoms with van der Waals surface area (Å²) in [6.07, 6.45) is 0.218. The fourth-order valence-corrected chi connectivity index (χ4v) is 5.20. The van der Waals surface area contributed by atoms with E-state index >= 15 is 0 Å². The van der Waals surface area contributed by atoms with Crippen molar-refractivity contribution >= 4 is 5.78 Å². The number of ether oxygens (including phenoxy) is 1. The van der Waals surface area contributed by atoms with Crippen LogP contribution in [0.15, 0.2) is 66.7 Å². The van der Waals surface area contributed by atoms with Gasteiger partial charge in [0.1, 0.15) is 22.9 Å². The molecule has 2 aliphatic rings. The van der Waals surface area contributed by atoms with Crippen LogP contribution in [0.3, 0.4) is 0 Å². The SMILES string of the molecule is COc1ccc(CN2CCN(C3(c4cccc(F)c4)Cc4c(F)cccc4C3=O)CC2)cc1. The number of nitrogens with zero attached hydrogens (tertiary/aromatic N) is 2. The van der Waals surface area contributed by atoms with Crippen LogP contribution in [0.2, 0.25) is 0 Å². The van der Waals surface area contributed by atoms with Crippen molar-refractivity contribution in [3.8, 4) is 5.75 Å². The van der Waals surface area contributed by atoms with Crippen molar-refractivity contribution in [1.82, 2.24) is 9.80 Å². The van der Waals surface area contributed by atoms with Gasteiger partial charge in [-0.15, -0.1) is 0 Å². The summed E-state index contributed by atoms with van der Waals surface area (Å²) in [6.45, 7) is 3.58. The van der Waals surface area contributed by atoms with Crippen LogP contribution >= 0.6 is 0 Å². The van der Waals surface area contributed by atoms with Crippen LogP contribution in [-0.4, -0.2) is 48.9 Å². The molecule has 1 aliphatic heterocycles. The van der Waals surface area contributed by atoms with E-state index in [-0.39, 0.29) is 18.0 Å². The number of hydrogen-bond acceptors (Lipinski definition) is 4. The number of carbonyl (C=O) groups excluding carboxylic acids is 1. The molecule has 0 radical (unpaired) electrons. The van der Waals surface area contributed by atoms with Gasteiger partial charge in [0.05, 0.1) is 7.11 Å². The summed E-state index contributed by atoms with van der Waals surface area (Å²) < 4.78 is 34.1. The Kier molecular flexibility index (Phi) is 5.72. The minimum Gasteiger partial charge on any atom is -0.497 e. The Morgan fingerprint density at radius 3 is 2.33 bits per heavy atom. The Morgan fingerprint density at radius 2 is 1.67 bits per heavy atom. The quantitative estimate of drug-likeness (QED) is 0.578. The van der Waals surface area contributed by atoms with Crippen LogP contribution in [0.1, 0.15) is 27.0 Å². The van der Waals surface area contributed by atoms with E-state index in [0.717, 1.165) is 25.4 Å². The van der Waals surface area contributed by atoms with Gasteiger partial charge in [-0.25, -0.2) is 8.78 Å². The first-order valence-corrected chi connectivity index (χ1v) is 11.2. The number of fused-ring (bicyclic) bond motifs is 1. The van der Waals surface area contributed by atoms with Crippen LogP contribution in [0.4, 0.5) is 8.78 Å². The Bertz CT molecular complexity index is 1170. The third-order valence-electron chi connectivity index (χ3n) is 6.95. The standard InChI is InChI=1S/C27H26F2N2O2/c1-33-22-10-8-19(9-11-22)18-30-12-14-31(15-13-30)27(20-4-2-5-21(28)16-20)17-24-23(26(27)32)6-3-7-25(24)29/h2-11,16H,12-15,17-18H2,1H3. The third-order valence-corrected chi connectivity index (χ3v) is 6.95. The molecule has 1 heterocycles. The lowest BCUT2D eigenvalue weighted by molar-refractivity contribution is 0.0286. The van der Waals surface area contributed by atoms with Crippen LogP contribution in [-0.2, 0) is 18.5 Å². The second-order valence-corrected chi connectivity index (χ2v) is 8.75. The highest BCUT2D eigenvalue weighted by Crippen LogP contribution is 2.44. The maximum Gasteiger partial charge on any atom is 0.188 e. The predicted octanol–water partition coefficient (Wildman–Crippen LogP) is 4.43. The van der Waals surface area contributed by atoms with Crippen LogP contribution in [0.5, 0.6) is 5.75 Å². The van der Waals surface area contributed by atoms with Crippen molar-refractivity contribution in [3.63, 3.8) is 0 Å². The molecule has 1 atom stereocenters. The molecule has 4 nitrogen and oxygen atoms in total. The van der Waals surface area contributed by atoms with Crippen LogP contribution in [0, 0.1) is 11.6 Å². The Morgan fingerprint density at radius 1 is 0.939 bits per heavy atom. The normalized spacial score (nSPS) is 21.2. The number of piperazine rings is 1. The average molecular weight is 449 g/mol. The molecule has 1 unspecified atom stereocenters. The summed E-state index contributed by atoms with van der Waals surface area (Å²) in [5.41, 5.74) is 1.52. The van der Waals surface area contributed by atoms with Crippen molar-refractivity contribution in [3.05, 3.63) is 101 Å². The molecular weight excluding hydrogens is 422 g/mol. The highest BCUT2D eigenvalue weighted by atomic mass is 19.1. The van der Waals surface area contributed by atoms with E-state index in [1.165, 1.54) is 23.8 Å². The van der Waals surface area contributed by atoms with Crippen LogP contribution in [0.25, 0.3) is 0 Å². The van der Waals surface area contributed by atoms with Gasteiger partial charge in [0, 0.05) is 50.3 Å². The number of benzene rings is 3. The zero-order valence-electron chi connectivity index (χ0n) is 18.6. The zero-order chi connectivity index (χ0) is 23.0. The minimum atomic E-state index is -1.08. The first-order chi connectivity index (χ1) is 16.0. The lowest BCUT2D eigenvalue weighted by Gasteiger charge is -2.45. The molecule has 170 valence electrons. The molecular formula is C27H26F2N2O2. The summed E-state index contributed by atoms with van der Waals surface area (Å²) in [4.78, 5) is 18.2. The molecule has 1 fully saturated rings. The number of ketones is 1. The fraction of sp³-hybridized carbons (Fsp3) is 0.296. The van der Waals surface area contributed by atoms with Gasteiger partial charge >= 0.3 is 0 Å². The van der Waals surface area contributed by atoms with E-state index in [9.17, 15) is 13.6 Å². The second-order valence-electron chi connectivity index (χ2n) is 8.75. The third kappa shape index (κ3) is 3.83. The molecule has 6 heteroatoms. The smallest absolute Gasteiger partial charge is 0.188 e. The number of halogens is 2. The van der Waals surface area contributed by atoms with E-state index < -0.39 is 11.4 Å². The number of carbonyl (C=O) groups is 1. The minimum absolute atomic E-state index is 0.147. The molecule has 0 bridgehead atoms. The maximum absolute atomic E-state index is 14.7. The molecule has 0 aromatic heterocycles. The second kappa shape index (κ2) is 8.69. The molecule has 33 heavy (non-hydrogen) atoms. The van der Waals surface area contributed by atoms with Crippen molar-refractivity contribution in [2.45, 2.75) is 18.5 Å². The lowest BCUT2D eigenvalue weighted by Crippen LogP contribution is -2.58. The fourth-order valence-electron chi connectivity index (χ4n) is 5.20. The zero-order valence-corrected chi connectivity index (χ0v) is 18.6. The van der Waals surface area contributed by atoms with Crippen molar-refractivity contribution in [1.29, 1.82) is 0 Å². The van der Waals surface area contributed by atoms with E-state index in [1.807, 2.05) is 12.1 Å². The van der Waals surface area contributed by atoms with E-state index in [1.54, 1.807) is 31.4 Å². The highest BCUT2D eigenvalue weighted by molar-refractivity contribution is 6.08. The monoisotopic (exact) mass is 448 g/mol. The van der Waals surface area contributed by atoms with E-state index in [4.69, 9.17) is 4.74 Å². The Balaban J connectivity index is 1.41. The first-order valence-electron chi connectivity index (χ1n) is 11.2.